The molecule has 1 fully saturated rings. The van der Waals surface area contributed by atoms with Gasteiger partial charge in [0.25, 0.3) is 0 Å². The molecule has 1 aromatic carbocycles. The number of aliphatic carboxylic acids is 1. The summed E-state index contributed by atoms with van der Waals surface area (Å²) >= 11 is 0. The second-order valence-electron chi connectivity index (χ2n) is 5.51. The van der Waals surface area contributed by atoms with Crippen molar-refractivity contribution in [2.24, 2.45) is 11.8 Å². The van der Waals surface area contributed by atoms with E-state index in [2.05, 4.69) is 5.32 Å². The van der Waals surface area contributed by atoms with Crippen molar-refractivity contribution in [3.8, 4) is 5.75 Å². The lowest BCUT2D eigenvalue weighted by molar-refractivity contribution is -0.147. The molecule has 0 bridgehead atoms. The maximum absolute atomic E-state index is 12.4. The highest BCUT2D eigenvalue weighted by Gasteiger charge is 2.35. The first-order chi connectivity index (χ1) is 10.0. The predicted octanol–water partition coefficient (Wildman–Crippen LogP) is 2.83. The summed E-state index contributed by atoms with van der Waals surface area (Å²) in [4.78, 5) is 23.7. The van der Waals surface area contributed by atoms with Gasteiger partial charge in [0.2, 0.25) is 5.91 Å². The van der Waals surface area contributed by atoms with E-state index in [0.29, 0.717) is 18.5 Å². The number of benzene rings is 1. The number of rotatable bonds is 4. The molecule has 5 nitrogen and oxygen atoms in total. The van der Waals surface area contributed by atoms with Gasteiger partial charge in [0.1, 0.15) is 5.75 Å². The number of methoxy groups -OCH3 is 1. The number of carbonyl (C=O) groups is 2. The number of aryl methyl sites for hydroxylation is 1. The SMILES string of the molecule is COc1ccc(NC(=O)[C@H]2CCCC[C@H]2C(=O)O)c(C)c1. The summed E-state index contributed by atoms with van der Waals surface area (Å²) in [5, 5.41) is 12.1. The van der Waals surface area contributed by atoms with Gasteiger partial charge in [0, 0.05) is 5.69 Å². The Bertz CT molecular complexity index is 541. The van der Waals surface area contributed by atoms with Gasteiger partial charge in [-0.3, -0.25) is 9.59 Å². The van der Waals surface area contributed by atoms with Crippen LogP contribution in [0.4, 0.5) is 5.69 Å². The number of carboxylic acid groups (broad SMARTS) is 1. The summed E-state index contributed by atoms with van der Waals surface area (Å²) in [6.07, 6.45) is 3.00. The van der Waals surface area contributed by atoms with Crippen molar-refractivity contribution in [2.75, 3.05) is 12.4 Å². The Morgan fingerprint density at radius 1 is 1.24 bits per heavy atom. The molecule has 1 aromatic rings. The Kier molecular flexibility index (Phi) is 4.83. The molecule has 0 aromatic heterocycles. The highest BCUT2D eigenvalue weighted by atomic mass is 16.5. The van der Waals surface area contributed by atoms with Crippen LogP contribution in [0.15, 0.2) is 18.2 Å². The van der Waals surface area contributed by atoms with Crippen molar-refractivity contribution < 1.29 is 19.4 Å². The van der Waals surface area contributed by atoms with Crippen molar-refractivity contribution in [1.82, 2.24) is 0 Å². The second kappa shape index (κ2) is 6.61. The third-order valence-electron chi connectivity index (χ3n) is 4.11. The van der Waals surface area contributed by atoms with E-state index in [9.17, 15) is 14.7 Å². The number of amides is 1. The quantitative estimate of drug-likeness (QED) is 0.894. The lowest BCUT2D eigenvalue weighted by Gasteiger charge is -2.27. The van der Waals surface area contributed by atoms with Crippen LogP contribution in [0.1, 0.15) is 31.2 Å². The molecule has 1 amide bonds. The fourth-order valence-corrected chi connectivity index (χ4v) is 2.87. The summed E-state index contributed by atoms with van der Waals surface area (Å²) in [5.41, 5.74) is 1.60. The topological polar surface area (TPSA) is 75.6 Å². The molecular formula is C16H21NO4. The summed E-state index contributed by atoms with van der Waals surface area (Å²) < 4.78 is 5.13. The van der Waals surface area contributed by atoms with Gasteiger partial charge in [-0.05, 0) is 43.5 Å². The Hall–Kier alpha value is -2.04. The zero-order valence-corrected chi connectivity index (χ0v) is 12.4. The number of hydrogen-bond donors (Lipinski definition) is 2. The molecule has 0 unspecified atom stereocenters. The van der Waals surface area contributed by atoms with Gasteiger partial charge >= 0.3 is 5.97 Å². The van der Waals surface area contributed by atoms with Crippen molar-refractivity contribution in [3.05, 3.63) is 23.8 Å². The summed E-state index contributed by atoms with van der Waals surface area (Å²) in [7, 11) is 1.59. The molecule has 2 rings (SSSR count). The number of ether oxygens (including phenoxy) is 1. The van der Waals surface area contributed by atoms with E-state index < -0.39 is 17.8 Å². The van der Waals surface area contributed by atoms with Crippen LogP contribution < -0.4 is 10.1 Å². The lowest BCUT2D eigenvalue weighted by atomic mass is 9.78. The molecule has 1 aliphatic carbocycles. The molecule has 0 spiro atoms. The minimum Gasteiger partial charge on any atom is -0.497 e. The van der Waals surface area contributed by atoms with E-state index in [-0.39, 0.29) is 5.91 Å². The largest absolute Gasteiger partial charge is 0.497 e. The van der Waals surface area contributed by atoms with E-state index in [1.165, 1.54) is 0 Å². The predicted molar refractivity (Wildman–Crippen MR) is 79.4 cm³/mol. The maximum atomic E-state index is 12.4. The van der Waals surface area contributed by atoms with E-state index in [1.807, 2.05) is 13.0 Å². The molecule has 1 saturated carbocycles. The molecule has 2 atom stereocenters. The fourth-order valence-electron chi connectivity index (χ4n) is 2.87. The molecule has 5 heteroatoms. The molecular weight excluding hydrogens is 270 g/mol. The van der Waals surface area contributed by atoms with Crippen LogP contribution in [0.3, 0.4) is 0 Å². The normalized spacial score (nSPS) is 21.6. The van der Waals surface area contributed by atoms with Gasteiger partial charge in [0.15, 0.2) is 0 Å². The van der Waals surface area contributed by atoms with Crippen LogP contribution in [0.5, 0.6) is 5.75 Å². The molecule has 0 saturated heterocycles. The smallest absolute Gasteiger partial charge is 0.307 e. The average Bonchev–Trinajstić information content (AvgIpc) is 2.49. The molecule has 114 valence electrons. The van der Waals surface area contributed by atoms with Gasteiger partial charge in [-0.1, -0.05) is 12.8 Å². The first-order valence-corrected chi connectivity index (χ1v) is 7.21. The summed E-state index contributed by atoms with van der Waals surface area (Å²) in [6.45, 7) is 1.88. The number of carbonyl (C=O) groups excluding carboxylic acids is 1. The monoisotopic (exact) mass is 291 g/mol. The maximum Gasteiger partial charge on any atom is 0.307 e. The number of carboxylic acids is 1. The molecule has 0 heterocycles. The Labute approximate surface area is 124 Å². The molecule has 2 N–H and O–H groups in total. The first-order valence-electron chi connectivity index (χ1n) is 7.21. The van der Waals surface area contributed by atoms with Crippen LogP contribution in [-0.2, 0) is 9.59 Å². The van der Waals surface area contributed by atoms with Crippen LogP contribution in [0, 0.1) is 18.8 Å². The highest BCUT2D eigenvalue weighted by molar-refractivity contribution is 5.95. The summed E-state index contributed by atoms with van der Waals surface area (Å²) in [6, 6.07) is 5.40. The minimum absolute atomic E-state index is 0.199. The number of anilines is 1. The van der Waals surface area contributed by atoms with Crippen LogP contribution in [0.25, 0.3) is 0 Å². The van der Waals surface area contributed by atoms with E-state index >= 15 is 0 Å². The number of nitrogens with one attached hydrogen (secondary N) is 1. The Morgan fingerprint density at radius 3 is 2.48 bits per heavy atom. The lowest BCUT2D eigenvalue weighted by Crippen LogP contribution is -2.36. The number of hydrogen-bond acceptors (Lipinski definition) is 3. The minimum atomic E-state index is -0.874. The molecule has 1 aliphatic rings. The molecule has 0 aliphatic heterocycles. The molecule has 21 heavy (non-hydrogen) atoms. The third-order valence-corrected chi connectivity index (χ3v) is 4.11. The van der Waals surface area contributed by atoms with Crippen molar-refractivity contribution in [1.29, 1.82) is 0 Å². The Balaban J connectivity index is 2.11. The van der Waals surface area contributed by atoms with E-state index in [4.69, 9.17) is 4.74 Å². The van der Waals surface area contributed by atoms with Gasteiger partial charge in [-0.2, -0.15) is 0 Å². The average molecular weight is 291 g/mol. The zero-order valence-electron chi connectivity index (χ0n) is 12.4. The standard InChI is InChI=1S/C16H21NO4/c1-10-9-11(21-2)7-8-14(10)17-15(18)12-5-3-4-6-13(12)16(19)20/h7-9,12-13H,3-6H2,1-2H3,(H,17,18)(H,19,20)/t12-,13+/m0/s1. The van der Waals surface area contributed by atoms with Gasteiger partial charge in [0.05, 0.1) is 18.9 Å². The third kappa shape index (κ3) is 3.54. The van der Waals surface area contributed by atoms with E-state index in [0.717, 1.165) is 24.2 Å². The van der Waals surface area contributed by atoms with Crippen LogP contribution >= 0.6 is 0 Å². The second-order valence-corrected chi connectivity index (χ2v) is 5.51. The van der Waals surface area contributed by atoms with Crippen molar-refractivity contribution in [2.45, 2.75) is 32.6 Å². The molecule has 0 radical (unpaired) electrons. The van der Waals surface area contributed by atoms with Gasteiger partial charge < -0.3 is 15.2 Å². The van der Waals surface area contributed by atoms with Crippen molar-refractivity contribution in [3.63, 3.8) is 0 Å². The van der Waals surface area contributed by atoms with Crippen molar-refractivity contribution >= 4 is 17.6 Å². The van der Waals surface area contributed by atoms with Gasteiger partial charge in [-0.15, -0.1) is 0 Å². The first kappa shape index (κ1) is 15.4. The highest BCUT2D eigenvalue weighted by Crippen LogP contribution is 2.32. The summed E-state index contributed by atoms with van der Waals surface area (Å²) in [5.74, 6) is -1.36. The zero-order chi connectivity index (χ0) is 15.4. The van der Waals surface area contributed by atoms with Gasteiger partial charge in [-0.25, -0.2) is 0 Å². The van der Waals surface area contributed by atoms with Crippen LogP contribution in [-0.4, -0.2) is 24.1 Å². The van der Waals surface area contributed by atoms with E-state index in [1.54, 1.807) is 19.2 Å². The Morgan fingerprint density at radius 2 is 1.90 bits per heavy atom. The fraction of sp³-hybridized carbons (Fsp3) is 0.500. The van der Waals surface area contributed by atoms with Crippen LogP contribution in [0.2, 0.25) is 0 Å².